The first kappa shape index (κ1) is 17.4. The minimum atomic E-state index is -0.329. The van der Waals surface area contributed by atoms with E-state index >= 15 is 0 Å². The number of carbonyl (C=O) groups excluding carboxylic acids is 2. The topological polar surface area (TPSA) is 103 Å². The SMILES string of the molecule is COCn1ccc(C(=O)Nc2ccc(NC(=O)c3ccn(C)n3)cc2)n1. The lowest BCUT2D eigenvalue weighted by Crippen LogP contribution is -2.14. The van der Waals surface area contributed by atoms with E-state index in [1.165, 1.54) is 4.68 Å². The molecule has 0 bridgehead atoms. The number of aromatic nitrogens is 4. The van der Waals surface area contributed by atoms with E-state index in [0.29, 0.717) is 17.1 Å². The molecular weight excluding hydrogens is 336 g/mol. The number of nitrogens with one attached hydrogen (secondary N) is 2. The molecule has 2 aromatic heterocycles. The van der Waals surface area contributed by atoms with Gasteiger partial charge in [0.15, 0.2) is 11.4 Å². The van der Waals surface area contributed by atoms with Crippen molar-refractivity contribution in [2.75, 3.05) is 17.7 Å². The first-order valence-corrected chi connectivity index (χ1v) is 7.80. The van der Waals surface area contributed by atoms with Crippen molar-refractivity contribution in [2.45, 2.75) is 6.73 Å². The Kier molecular flexibility index (Phi) is 5.09. The number of anilines is 2. The summed E-state index contributed by atoms with van der Waals surface area (Å²) in [4.78, 5) is 24.2. The van der Waals surface area contributed by atoms with Crippen molar-refractivity contribution in [3.05, 3.63) is 60.2 Å². The summed E-state index contributed by atoms with van der Waals surface area (Å²) in [7, 11) is 3.29. The molecule has 26 heavy (non-hydrogen) atoms. The van der Waals surface area contributed by atoms with Crippen molar-refractivity contribution in [3.8, 4) is 0 Å². The molecule has 3 aromatic rings. The maximum absolute atomic E-state index is 12.2. The maximum Gasteiger partial charge on any atom is 0.276 e. The van der Waals surface area contributed by atoms with Crippen molar-refractivity contribution >= 4 is 23.2 Å². The van der Waals surface area contributed by atoms with Gasteiger partial charge in [-0.2, -0.15) is 10.2 Å². The molecule has 0 aliphatic heterocycles. The Morgan fingerprint density at radius 3 is 1.96 bits per heavy atom. The summed E-state index contributed by atoms with van der Waals surface area (Å²) < 4.78 is 8.02. The molecule has 3 rings (SSSR count). The van der Waals surface area contributed by atoms with Gasteiger partial charge in [0.25, 0.3) is 11.8 Å². The smallest absolute Gasteiger partial charge is 0.276 e. The fourth-order valence-corrected chi connectivity index (χ4v) is 2.25. The molecule has 0 radical (unpaired) electrons. The van der Waals surface area contributed by atoms with E-state index < -0.39 is 0 Å². The van der Waals surface area contributed by atoms with Crippen LogP contribution in [0.15, 0.2) is 48.8 Å². The highest BCUT2D eigenvalue weighted by atomic mass is 16.5. The highest BCUT2D eigenvalue weighted by Gasteiger charge is 2.11. The number of amides is 2. The van der Waals surface area contributed by atoms with Crippen molar-refractivity contribution in [1.82, 2.24) is 19.6 Å². The number of methoxy groups -OCH3 is 1. The number of nitrogens with zero attached hydrogens (tertiary/aromatic N) is 4. The molecule has 2 N–H and O–H groups in total. The minimum Gasteiger partial charge on any atom is -0.362 e. The fraction of sp³-hybridized carbons (Fsp3) is 0.176. The molecule has 0 spiro atoms. The van der Waals surface area contributed by atoms with Crippen LogP contribution in [0.25, 0.3) is 0 Å². The van der Waals surface area contributed by atoms with Crippen LogP contribution in [0.4, 0.5) is 11.4 Å². The molecule has 0 aliphatic carbocycles. The van der Waals surface area contributed by atoms with E-state index in [1.807, 2.05) is 0 Å². The second kappa shape index (κ2) is 7.62. The van der Waals surface area contributed by atoms with Crippen molar-refractivity contribution in [3.63, 3.8) is 0 Å². The second-order valence-electron chi connectivity index (χ2n) is 5.52. The molecule has 134 valence electrons. The van der Waals surface area contributed by atoms with E-state index in [1.54, 1.807) is 67.6 Å². The van der Waals surface area contributed by atoms with Gasteiger partial charge in [0, 0.05) is 37.9 Å². The monoisotopic (exact) mass is 354 g/mol. The lowest BCUT2D eigenvalue weighted by atomic mass is 10.2. The fourth-order valence-electron chi connectivity index (χ4n) is 2.25. The number of carbonyl (C=O) groups is 2. The Morgan fingerprint density at radius 1 is 0.923 bits per heavy atom. The van der Waals surface area contributed by atoms with Crippen LogP contribution in [0.3, 0.4) is 0 Å². The second-order valence-corrected chi connectivity index (χ2v) is 5.52. The van der Waals surface area contributed by atoms with Crippen molar-refractivity contribution < 1.29 is 14.3 Å². The zero-order chi connectivity index (χ0) is 18.5. The Morgan fingerprint density at radius 2 is 1.46 bits per heavy atom. The third kappa shape index (κ3) is 4.14. The Balaban J connectivity index is 1.60. The van der Waals surface area contributed by atoms with Crippen LogP contribution >= 0.6 is 0 Å². The molecule has 2 amide bonds. The van der Waals surface area contributed by atoms with E-state index in [9.17, 15) is 9.59 Å². The van der Waals surface area contributed by atoms with E-state index in [-0.39, 0.29) is 24.2 Å². The summed E-state index contributed by atoms with van der Waals surface area (Å²) in [5, 5.41) is 13.6. The van der Waals surface area contributed by atoms with Gasteiger partial charge in [0.2, 0.25) is 0 Å². The van der Waals surface area contributed by atoms with Crippen LogP contribution in [0.2, 0.25) is 0 Å². The predicted molar refractivity (Wildman–Crippen MR) is 94.8 cm³/mol. The summed E-state index contributed by atoms with van der Waals surface area (Å²) in [6.45, 7) is 0.276. The Hall–Kier alpha value is -3.46. The van der Waals surface area contributed by atoms with Crippen LogP contribution in [-0.2, 0) is 18.5 Å². The van der Waals surface area contributed by atoms with Crippen LogP contribution in [-0.4, -0.2) is 38.5 Å². The lowest BCUT2D eigenvalue weighted by molar-refractivity contribution is 0.100. The van der Waals surface area contributed by atoms with Crippen LogP contribution < -0.4 is 10.6 Å². The molecule has 2 heterocycles. The zero-order valence-corrected chi connectivity index (χ0v) is 14.3. The van der Waals surface area contributed by atoms with Gasteiger partial charge in [0.1, 0.15) is 6.73 Å². The normalized spacial score (nSPS) is 10.5. The molecule has 1 aromatic carbocycles. The zero-order valence-electron chi connectivity index (χ0n) is 14.3. The minimum absolute atomic E-state index is 0.276. The highest BCUT2D eigenvalue weighted by Crippen LogP contribution is 2.15. The molecule has 0 saturated heterocycles. The number of aryl methyl sites for hydroxylation is 1. The largest absolute Gasteiger partial charge is 0.362 e. The van der Waals surface area contributed by atoms with Crippen molar-refractivity contribution in [2.24, 2.45) is 7.05 Å². The number of ether oxygens (including phenoxy) is 1. The summed E-state index contributed by atoms with van der Waals surface area (Å²) >= 11 is 0. The Bertz CT molecular complexity index is 913. The molecule has 0 atom stereocenters. The first-order chi connectivity index (χ1) is 12.5. The van der Waals surface area contributed by atoms with Gasteiger partial charge in [-0.05, 0) is 36.4 Å². The van der Waals surface area contributed by atoms with Crippen LogP contribution in [0.1, 0.15) is 21.0 Å². The lowest BCUT2D eigenvalue weighted by Gasteiger charge is -2.06. The van der Waals surface area contributed by atoms with Crippen molar-refractivity contribution in [1.29, 1.82) is 0 Å². The van der Waals surface area contributed by atoms with Crippen LogP contribution in [0, 0.1) is 0 Å². The number of benzene rings is 1. The van der Waals surface area contributed by atoms with Gasteiger partial charge in [-0.25, -0.2) is 4.68 Å². The molecular formula is C17H18N6O3. The quantitative estimate of drug-likeness (QED) is 0.702. The van der Waals surface area contributed by atoms with Gasteiger partial charge >= 0.3 is 0 Å². The van der Waals surface area contributed by atoms with Gasteiger partial charge in [-0.15, -0.1) is 0 Å². The Labute approximate surface area is 149 Å². The average molecular weight is 354 g/mol. The predicted octanol–water partition coefficient (Wildman–Crippen LogP) is 1.73. The maximum atomic E-state index is 12.2. The first-order valence-electron chi connectivity index (χ1n) is 7.80. The molecule has 9 heteroatoms. The molecule has 0 fully saturated rings. The summed E-state index contributed by atoms with van der Waals surface area (Å²) in [6.07, 6.45) is 3.36. The standard InChI is InChI=1S/C17H18N6O3/c1-22-9-7-14(20-22)16(24)18-12-3-5-13(6-4-12)19-17(25)15-8-10-23(21-15)11-26-2/h3-10H,11H2,1-2H3,(H,18,24)(H,19,25). The van der Waals surface area contributed by atoms with E-state index in [0.717, 1.165) is 0 Å². The van der Waals surface area contributed by atoms with E-state index in [4.69, 9.17) is 4.74 Å². The number of hydrogen-bond acceptors (Lipinski definition) is 5. The van der Waals surface area contributed by atoms with Crippen LogP contribution in [0.5, 0.6) is 0 Å². The third-order valence-corrected chi connectivity index (χ3v) is 3.48. The summed E-state index contributed by atoms with van der Waals surface area (Å²) in [5.74, 6) is -0.629. The number of rotatable bonds is 6. The highest BCUT2D eigenvalue weighted by molar-refractivity contribution is 6.04. The van der Waals surface area contributed by atoms with Gasteiger partial charge in [-0.1, -0.05) is 0 Å². The molecule has 0 aliphatic rings. The van der Waals surface area contributed by atoms with Gasteiger partial charge < -0.3 is 15.4 Å². The summed E-state index contributed by atoms with van der Waals surface area (Å²) in [5.41, 5.74) is 1.81. The molecule has 0 unspecified atom stereocenters. The number of hydrogen-bond donors (Lipinski definition) is 2. The van der Waals surface area contributed by atoms with Gasteiger partial charge in [-0.3, -0.25) is 14.3 Å². The third-order valence-electron chi connectivity index (χ3n) is 3.48. The van der Waals surface area contributed by atoms with Gasteiger partial charge in [0.05, 0.1) is 0 Å². The molecule has 9 nitrogen and oxygen atoms in total. The average Bonchev–Trinajstić information content (AvgIpc) is 3.26. The van der Waals surface area contributed by atoms with E-state index in [2.05, 4.69) is 20.8 Å². The molecule has 0 saturated carbocycles. The summed E-state index contributed by atoms with van der Waals surface area (Å²) in [6, 6.07) is 10.0.